The summed E-state index contributed by atoms with van der Waals surface area (Å²) >= 11 is 0. The van der Waals surface area contributed by atoms with Crippen LogP contribution in [0, 0.1) is 18.3 Å². The summed E-state index contributed by atoms with van der Waals surface area (Å²) in [6.45, 7) is 2.90. The predicted molar refractivity (Wildman–Crippen MR) is 121 cm³/mol. The number of carbonyl (C=O) groups excluding carboxylic acids is 1. The van der Waals surface area contributed by atoms with Crippen LogP contribution in [0.1, 0.15) is 17.1 Å². The number of hydrogen-bond acceptors (Lipinski definition) is 10. The van der Waals surface area contributed by atoms with Crippen molar-refractivity contribution in [3.8, 4) is 6.07 Å². The Morgan fingerprint density at radius 3 is 2.56 bits per heavy atom. The largest absolute Gasteiger partial charge is 0.338 e. The predicted octanol–water partition coefficient (Wildman–Crippen LogP) is 0.534. The molecule has 0 aromatic carbocycles. The van der Waals surface area contributed by atoms with Crippen LogP contribution in [0.5, 0.6) is 0 Å². The third-order valence-corrected chi connectivity index (χ3v) is 6.85. The number of piperazine rings is 1. The van der Waals surface area contributed by atoms with E-state index in [2.05, 4.69) is 30.5 Å². The molecule has 0 saturated carbocycles. The molecule has 3 aromatic heterocycles. The van der Waals surface area contributed by atoms with Crippen LogP contribution >= 0.6 is 0 Å². The van der Waals surface area contributed by atoms with Gasteiger partial charge in [0.2, 0.25) is 11.9 Å². The standard InChI is InChI=1S/C21H21N9O3S/c1-15-12-17(14-22)25-21(24-15)29-8-10-30(11-9-29)34(32,33)20-6-5-18(27-28-20)26-19(31)13-16-4-2-3-7-23-16/h2-7,12H,8-11,13H2,1H3,(H,26,27,31). The van der Waals surface area contributed by atoms with Crippen LogP contribution in [0.15, 0.2) is 47.6 Å². The summed E-state index contributed by atoms with van der Waals surface area (Å²) in [4.78, 5) is 26.6. The first kappa shape index (κ1) is 23.1. The number of anilines is 2. The van der Waals surface area contributed by atoms with Crippen molar-refractivity contribution < 1.29 is 13.2 Å². The fourth-order valence-corrected chi connectivity index (χ4v) is 4.68. The van der Waals surface area contributed by atoms with E-state index in [4.69, 9.17) is 5.26 Å². The molecule has 3 aromatic rings. The number of pyridine rings is 1. The summed E-state index contributed by atoms with van der Waals surface area (Å²) in [5.74, 6) is 0.214. The summed E-state index contributed by atoms with van der Waals surface area (Å²) in [5.41, 5.74) is 1.53. The van der Waals surface area contributed by atoms with Crippen molar-refractivity contribution in [1.82, 2.24) is 29.5 Å². The minimum Gasteiger partial charge on any atom is -0.338 e. The molecule has 174 valence electrons. The Morgan fingerprint density at radius 1 is 1.12 bits per heavy atom. The zero-order valence-corrected chi connectivity index (χ0v) is 19.1. The highest BCUT2D eigenvalue weighted by atomic mass is 32.2. The Labute approximate surface area is 196 Å². The first-order chi connectivity index (χ1) is 16.3. The average Bonchev–Trinajstić information content (AvgIpc) is 2.84. The van der Waals surface area contributed by atoms with Gasteiger partial charge in [-0.15, -0.1) is 10.2 Å². The molecule has 1 aliphatic heterocycles. The van der Waals surface area contributed by atoms with Gasteiger partial charge in [0, 0.05) is 43.8 Å². The zero-order chi connectivity index (χ0) is 24.1. The number of carbonyl (C=O) groups is 1. The minimum atomic E-state index is -3.87. The highest BCUT2D eigenvalue weighted by Gasteiger charge is 2.31. The zero-order valence-electron chi connectivity index (χ0n) is 18.3. The van der Waals surface area contributed by atoms with Gasteiger partial charge >= 0.3 is 0 Å². The van der Waals surface area contributed by atoms with Crippen LogP contribution in [0.2, 0.25) is 0 Å². The molecule has 4 rings (SSSR count). The fraction of sp³-hybridized carbons (Fsp3) is 0.286. The van der Waals surface area contributed by atoms with Gasteiger partial charge in [0.1, 0.15) is 11.8 Å². The minimum absolute atomic E-state index is 0.0629. The van der Waals surface area contributed by atoms with Crippen molar-refractivity contribution in [3.63, 3.8) is 0 Å². The van der Waals surface area contributed by atoms with Crippen molar-refractivity contribution >= 4 is 27.7 Å². The molecule has 34 heavy (non-hydrogen) atoms. The second-order valence-corrected chi connectivity index (χ2v) is 9.39. The van der Waals surface area contributed by atoms with Crippen LogP contribution in [0.25, 0.3) is 0 Å². The molecule has 0 aliphatic carbocycles. The van der Waals surface area contributed by atoms with E-state index in [0.29, 0.717) is 30.4 Å². The van der Waals surface area contributed by atoms with E-state index in [0.717, 1.165) is 0 Å². The monoisotopic (exact) mass is 479 g/mol. The topological polar surface area (TPSA) is 158 Å². The lowest BCUT2D eigenvalue weighted by Gasteiger charge is -2.33. The number of sulfonamides is 1. The van der Waals surface area contributed by atoms with Crippen LogP contribution in [0.3, 0.4) is 0 Å². The van der Waals surface area contributed by atoms with Crippen LogP contribution in [0.4, 0.5) is 11.8 Å². The number of hydrogen-bond donors (Lipinski definition) is 1. The summed E-state index contributed by atoms with van der Waals surface area (Å²) in [5, 5.41) is 19.1. The van der Waals surface area contributed by atoms with Gasteiger partial charge in [-0.3, -0.25) is 9.78 Å². The molecular weight excluding hydrogens is 458 g/mol. The van der Waals surface area contributed by atoms with Gasteiger partial charge in [-0.1, -0.05) is 6.07 Å². The lowest BCUT2D eigenvalue weighted by atomic mass is 10.2. The molecule has 1 amide bonds. The van der Waals surface area contributed by atoms with E-state index in [9.17, 15) is 13.2 Å². The summed E-state index contributed by atoms with van der Waals surface area (Å²) < 4.78 is 27.3. The van der Waals surface area contributed by atoms with Crippen LogP contribution in [-0.2, 0) is 21.2 Å². The molecule has 0 atom stereocenters. The number of nitriles is 1. The van der Waals surface area contributed by atoms with E-state index < -0.39 is 10.0 Å². The molecule has 1 saturated heterocycles. The number of amides is 1. The molecule has 4 heterocycles. The fourth-order valence-electron chi connectivity index (χ4n) is 3.39. The first-order valence-electron chi connectivity index (χ1n) is 10.4. The summed E-state index contributed by atoms with van der Waals surface area (Å²) in [7, 11) is -3.87. The molecule has 0 bridgehead atoms. The Morgan fingerprint density at radius 2 is 1.91 bits per heavy atom. The van der Waals surface area contributed by atoms with Gasteiger partial charge in [0.05, 0.1) is 6.42 Å². The van der Waals surface area contributed by atoms with E-state index >= 15 is 0 Å². The van der Waals surface area contributed by atoms with Crippen molar-refractivity contribution in [2.24, 2.45) is 0 Å². The number of nitrogens with one attached hydrogen (secondary N) is 1. The second-order valence-electron chi connectivity index (χ2n) is 7.50. The number of aryl methyl sites for hydroxylation is 1. The number of rotatable bonds is 6. The molecule has 0 spiro atoms. The highest BCUT2D eigenvalue weighted by molar-refractivity contribution is 7.89. The second kappa shape index (κ2) is 9.86. The van der Waals surface area contributed by atoms with Crippen molar-refractivity contribution in [2.45, 2.75) is 18.4 Å². The average molecular weight is 480 g/mol. The molecular formula is C21H21N9O3S. The molecule has 1 aliphatic rings. The molecule has 1 fully saturated rings. The quantitative estimate of drug-likeness (QED) is 0.529. The molecule has 1 N–H and O–H groups in total. The molecule has 0 radical (unpaired) electrons. The van der Waals surface area contributed by atoms with Gasteiger partial charge in [-0.05, 0) is 37.3 Å². The lowest BCUT2D eigenvalue weighted by Crippen LogP contribution is -2.49. The molecule has 0 unspecified atom stereocenters. The lowest BCUT2D eigenvalue weighted by molar-refractivity contribution is -0.115. The maximum atomic E-state index is 13.0. The van der Waals surface area contributed by atoms with Gasteiger partial charge in [-0.2, -0.15) is 9.57 Å². The normalized spacial score (nSPS) is 14.4. The Bertz CT molecular complexity index is 1320. The summed E-state index contributed by atoms with van der Waals surface area (Å²) in [6, 6.07) is 11.6. The maximum Gasteiger partial charge on any atom is 0.262 e. The summed E-state index contributed by atoms with van der Waals surface area (Å²) in [6.07, 6.45) is 1.66. The van der Waals surface area contributed by atoms with Gasteiger partial charge in [-0.25, -0.2) is 18.4 Å². The molecule has 13 heteroatoms. The van der Waals surface area contributed by atoms with Crippen molar-refractivity contribution in [2.75, 3.05) is 36.4 Å². The van der Waals surface area contributed by atoms with E-state index in [1.54, 1.807) is 37.4 Å². The van der Waals surface area contributed by atoms with Crippen molar-refractivity contribution in [3.05, 3.63) is 59.7 Å². The Balaban J connectivity index is 1.37. The van der Waals surface area contributed by atoms with Gasteiger partial charge in [0.25, 0.3) is 10.0 Å². The van der Waals surface area contributed by atoms with Crippen LogP contribution in [-0.4, -0.2) is 70.0 Å². The smallest absolute Gasteiger partial charge is 0.262 e. The van der Waals surface area contributed by atoms with E-state index in [-0.39, 0.29) is 42.0 Å². The third-order valence-electron chi connectivity index (χ3n) is 5.06. The Kier molecular flexibility index (Phi) is 6.71. The third kappa shape index (κ3) is 5.30. The number of nitrogens with zero attached hydrogens (tertiary/aromatic N) is 8. The Hall–Kier alpha value is -4.02. The maximum absolute atomic E-state index is 13.0. The molecule has 12 nitrogen and oxygen atoms in total. The highest BCUT2D eigenvalue weighted by Crippen LogP contribution is 2.19. The van der Waals surface area contributed by atoms with E-state index in [1.165, 1.54) is 16.4 Å². The van der Waals surface area contributed by atoms with Gasteiger partial charge < -0.3 is 10.2 Å². The first-order valence-corrected chi connectivity index (χ1v) is 11.8. The van der Waals surface area contributed by atoms with Crippen LogP contribution < -0.4 is 10.2 Å². The van der Waals surface area contributed by atoms with Gasteiger partial charge in [0.15, 0.2) is 10.8 Å². The number of aromatic nitrogens is 5. The van der Waals surface area contributed by atoms with E-state index in [1.807, 2.05) is 11.0 Å². The van der Waals surface area contributed by atoms with Crippen molar-refractivity contribution in [1.29, 1.82) is 5.26 Å². The SMILES string of the molecule is Cc1cc(C#N)nc(N2CCN(S(=O)(=O)c3ccc(NC(=O)Cc4ccccn4)nn3)CC2)n1.